The standard InChI is InChI=1S/C16H26N4/c1-17-10-13-5-6-16(18-11-13)20-9-7-15-14(12-20)4-3-8-19(15)2/h5-6,11,14-15,17H,3-4,7-10,12H2,1-2H3. The molecule has 2 saturated heterocycles. The molecule has 0 bridgehead atoms. The quantitative estimate of drug-likeness (QED) is 0.909. The Morgan fingerprint density at radius 2 is 2.20 bits per heavy atom. The molecule has 20 heavy (non-hydrogen) atoms. The predicted octanol–water partition coefficient (Wildman–Crippen LogP) is 1.72. The fraction of sp³-hybridized carbons (Fsp3) is 0.688. The molecule has 1 aromatic rings. The number of rotatable bonds is 3. The summed E-state index contributed by atoms with van der Waals surface area (Å²) in [7, 11) is 4.26. The van der Waals surface area contributed by atoms with E-state index in [0.29, 0.717) is 0 Å². The Balaban J connectivity index is 1.66. The van der Waals surface area contributed by atoms with Gasteiger partial charge < -0.3 is 15.1 Å². The normalized spacial score (nSPS) is 27.4. The average Bonchev–Trinajstić information content (AvgIpc) is 2.48. The fourth-order valence-corrected chi connectivity index (χ4v) is 3.77. The number of anilines is 1. The van der Waals surface area contributed by atoms with Crippen LogP contribution >= 0.6 is 0 Å². The summed E-state index contributed by atoms with van der Waals surface area (Å²) >= 11 is 0. The van der Waals surface area contributed by atoms with Crippen LogP contribution in [0, 0.1) is 5.92 Å². The molecule has 2 atom stereocenters. The zero-order valence-corrected chi connectivity index (χ0v) is 12.7. The van der Waals surface area contributed by atoms with Gasteiger partial charge in [0.05, 0.1) is 0 Å². The van der Waals surface area contributed by atoms with Crippen LogP contribution in [0.3, 0.4) is 0 Å². The molecule has 4 nitrogen and oxygen atoms in total. The molecular formula is C16H26N4. The molecule has 2 aliphatic rings. The number of aromatic nitrogens is 1. The van der Waals surface area contributed by atoms with Crippen molar-refractivity contribution < 1.29 is 0 Å². The van der Waals surface area contributed by atoms with Crippen LogP contribution in [-0.2, 0) is 6.54 Å². The maximum Gasteiger partial charge on any atom is 0.128 e. The van der Waals surface area contributed by atoms with Crippen molar-refractivity contribution in [3.63, 3.8) is 0 Å². The molecule has 3 heterocycles. The second-order valence-electron chi connectivity index (χ2n) is 6.24. The van der Waals surface area contributed by atoms with E-state index in [-0.39, 0.29) is 0 Å². The van der Waals surface area contributed by atoms with Crippen LogP contribution in [-0.4, -0.2) is 49.7 Å². The van der Waals surface area contributed by atoms with Crippen molar-refractivity contribution >= 4 is 5.82 Å². The smallest absolute Gasteiger partial charge is 0.128 e. The highest BCUT2D eigenvalue weighted by Crippen LogP contribution is 2.31. The molecule has 0 aliphatic carbocycles. The van der Waals surface area contributed by atoms with Crippen molar-refractivity contribution in [1.29, 1.82) is 0 Å². The number of fused-ring (bicyclic) bond motifs is 1. The Hall–Kier alpha value is -1.13. The first-order chi connectivity index (χ1) is 9.78. The largest absolute Gasteiger partial charge is 0.356 e. The third-order valence-corrected chi connectivity index (χ3v) is 4.86. The SMILES string of the molecule is CNCc1ccc(N2CCC3C(CCCN3C)C2)nc1. The van der Waals surface area contributed by atoms with E-state index in [1.165, 1.54) is 37.9 Å². The van der Waals surface area contributed by atoms with Gasteiger partial charge in [-0.05, 0) is 57.5 Å². The maximum atomic E-state index is 4.65. The lowest BCUT2D eigenvalue weighted by atomic mass is 9.84. The minimum atomic E-state index is 0.795. The Morgan fingerprint density at radius 1 is 1.30 bits per heavy atom. The molecule has 2 unspecified atom stereocenters. The average molecular weight is 274 g/mol. The van der Waals surface area contributed by atoms with Gasteiger partial charge in [0, 0.05) is 31.9 Å². The summed E-state index contributed by atoms with van der Waals surface area (Å²) in [6.45, 7) is 4.48. The van der Waals surface area contributed by atoms with Gasteiger partial charge in [-0.1, -0.05) is 6.07 Å². The molecular weight excluding hydrogens is 248 g/mol. The highest BCUT2D eigenvalue weighted by atomic mass is 15.2. The summed E-state index contributed by atoms with van der Waals surface area (Å²) in [6, 6.07) is 5.17. The minimum absolute atomic E-state index is 0.795. The van der Waals surface area contributed by atoms with Crippen LogP contribution in [0.4, 0.5) is 5.82 Å². The van der Waals surface area contributed by atoms with Gasteiger partial charge in [0.1, 0.15) is 5.82 Å². The Morgan fingerprint density at radius 3 is 2.95 bits per heavy atom. The van der Waals surface area contributed by atoms with Gasteiger partial charge in [-0.2, -0.15) is 0 Å². The molecule has 110 valence electrons. The Kier molecular flexibility index (Phi) is 4.22. The Bertz CT molecular complexity index is 431. The molecule has 0 amide bonds. The van der Waals surface area contributed by atoms with Gasteiger partial charge in [-0.25, -0.2) is 4.98 Å². The van der Waals surface area contributed by atoms with Crippen molar-refractivity contribution in [3.05, 3.63) is 23.9 Å². The van der Waals surface area contributed by atoms with Crippen molar-refractivity contribution in [2.45, 2.75) is 31.8 Å². The number of likely N-dealkylation sites (tertiary alicyclic amines) is 1. The third kappa shape index (κ3) is 2.81. The number of hydrogen-bond donors (Lipinski definition) is 1. The molecule has 4 heteroatoms. The van der Waals surface area contributed by atoms with E-state index in [0.717, 1.165) is 30.9 Å². The molecule has 0 radical (unpaired) electrons. The van der Waals surface area contributed by atoms with E-state index < -0.39 is 0 Å². The first-order valence-corrected chi connectivity index (χ1v) is 7.82. The van der Waals surface area contributed by atoms with Gasteiger partial charge in [0.25, 0.3) is 0 Å². The van der Waals surface area contributed by atoms with E-state index in [4.69, 9.17) is 0 Å². The van der Waals surface area contributed by atoms with Crippen LogP contribution in [0.25, 0.3) is 0 Å². The summed E-state index contributed by atoms with van der Waals surface area (Å²) in [6.07, 6.45) is 6.01. The molecule has 2 aliphatic heterocycles. The van der Waals surface area contributed by atoms with Crippen molar-refractivity contribution in [2.75, 3.05) is 38.6 Å². The van der Waals surface area contributed by atoms with Gasteiger partial charge in [0.2, 0.25) is 0 Å². The summed E-state index contributed by atoms with van der Waals surface area (Å²) in [5.41, 5.74) is 1.25. The molecule has 0 spiro atoms. The summed E-state index contributed by atoms with van der Waals surface area (Å²) in [5.74, 6) is 1.97. The lowest BCUT2D eigenvalue weighted by Gasteiger charge is -2.46. The Labute approximate surface area is 122 Å². The topological polar surface area (TPSA) is 31.4 Å². The fourth-order valence-electron chi connectivity index (χ4n) is 3.77. The number of piperidine rings is 2. The predicted molar refractivity (Wildman–Crippen MR) is 83.0 cm³/mol. The van der Waals surface area contributed by atoms with Crippen LogP contribution in [0.1, 0.15) is 24.8 Å². The summed E-state index contributed by atoms with van der Waals surface area (Å²) < 4.78 is 0. The molecule has 2 fully saturated rings. The summed E-state index contributed by atoms with van der Waals surface area (Å²) in [4.78, 5) is 9.69. The second kappa shape index (κ2) is 6.10. The molecule has 0 saturated carbocycles. The zero-order valence-electron chi connectivity index (χ0n) is 12.7. The second-order valence-corrected chi connectivity index (χ2v) is 6.24. The number of nitrogens with zero attached hydrogens (tertiary/aromatic N) is 3. The van der Waals surface area contributed by atoms with E-state index >= 15 is 0 Å². The van der Waals surface area contributed by atoms with E-state index in [1.54, 1.807) is 0 Å². The molecule has 1 N–H and O–H groups in total. The van der Waals surface area contributed by atoms with Gasteiger partial charge in [-0.15, -0.1) is 0 Å². The first-order valence-electron chi connectivity index (χ1n) is 7.82. The first kappa shape index (κ1) is 13.8. The van der Waals surface area contributed by atoms with E-state index in [2.05, 4.69) is 39.3 Å². The molecule has 0 aromatic carbocycles. The van der Waals surface area contributed by atoms with Crippen molar-refractivity contribution in [3.8, 4) is 0 Å². The number of hydrogen-bond acceptors (Lipinski definition) is 4. The van der Waals surface area contributed by atoms with E-state index in [1.807, 2.05) is 13.2 Å². The van der Waals surface area contributed by atoms with Crippen LogP contribution < -0.4 is 10.2 Å². The van der Waals surface area contributed by atoms with Gasteiger partial charge >= 0.3 is 0 Å². The lowest BCUT2D eigenvalue weighted by Crippen LogP contribution is -2.52. The minimum Gasteiger partial charge on any atom is -0.356 e. The van der Waals surface area contributed by atoms with Crippen molar-refractivity contribution in [2.24, 2.45) is 5.92 Å². The molecule has 3 rings (SSSR count). The summed E-state index contributed by atoms with van der Waals surface area (Å²) in [5, 5.41) is 3.17. The monoisotopic (exact) mass is 274 g/mol. The highest BCUT2D eigenvalue weighted by molar-refractivity contribution is 5.40. The van der Waals surface area contributed by atoms with Gasteiger partial charge in [0.15, 0.2) is 0 Å². The molecule has 1 aromatic heterocycles. The maximum absolute atomic E-state index is 4.65. The van der Waals surface area contributed by atoms with Crippen molar-refractivity contribution in [1.82, 2.24) is 15.2 Å². The van der Waals surface area contributed by atoms with Gasteiger partial charge in [-0.3, -0.25) is 0 Å². The lowest BCUT2D eigenvalue weighted by molar-refractivity contribution is 0.102. The van der Waals surface area contributed by atoms with Crippen LogP contribution in [0.15, 0.2) is 18.3 Å². The third-order valence-electron chi connectivity index (χ3n) is 4.86. The number of pyridine rings is 1. The number of nitrogens with one attached hydrogen (secondary N) is 1. The highest BCUT2D eigenvalue weighted by Gasteiger charge is 2.34. The van der Waals surface area contributed by atoms with Crippen LogP contribution in [0.2, 0.25) is 0 Å². The van der Waals surface area contributed by atoms with Crippen LogP contribution in [0.5, 0.6) is 0 Å². The zero-order chi connectivity index (χ0) is 13.9. The van der Waals surface area contributed by atoms with E-state index in [9.17, 15) is 0 Å².